The molecule has 0 aliphatic carbocycles. The summed E-state index contributed by atoms with van der Waals surface area (Å²) in [5, 5.41) is 2.26. The molecule has 154 valence electrons. The van der Waals surface area contributed by atoms with Crippen molar-refractivity contribution < 1.29 is 6.85 Å². The number of rotatable bonds is 3. The van der Waals surface area contributed by atoms with E-state index in [4.69, 9.17) is 6.85 Å². The zero-order chi connectivity index (χ0) is 25.9. The van der Waals surface area contributed by atoms with E-state index < -0.39 is 18.6 Å². The molecule has 5 aromatic rings. The summed E-state index contributed by atoms with van der Waals surface area (Å²) >= 11 is 1.68. The average molecular weight is 427 g/mol. The van der Waals surface area contributed by atoms with Gasteiger partial charge in [-0.3, -0.25) is 4.98 Å². The highest BCUT2D eigenvalue weighted by Crippen LogP contribution is 2.41. The van der Waals surface area contributed by atoms with Gasteiger partial charge in [0, 0.05) is 38.8 Å². The van der Waals surface area contributed by atoms with E-state index in [-0.39, 0.29) is 11.1 Å². The summed E-state index contributed by atoms with van der Waals surface area (Å²) in [6, 6.07) is 24.4. The second kappa shape index (κ2) is 7.62. The number of benzene rings is 3. The highest BCUT2D eigenvalue weighted by molar-refractivity contribution is 7.26. The standard InChI is InChI=1S/C29H27NS/c1-19-18-30-26(15-22(19)17-29(2,3)4)25-12-8-11-24-23-14-13-21(16-27(23)31-28(24)25)20-9-6-5-7-10-20/h5-16,18H,17H2,1-4H3/i1D3,17D2. The molecule has 0 spiro atoms. The molecule has 3 aromatic carbocycles. The van der Waals surface area contributed by atoms with Crippen LogP contribution in [0.15, 0.2) is 79.0 Å². The lowest BCUT2D eigenvalue weighted by atomic mass is 9.86. The van der Waals surface area contributed by atoms with Crippen molar-refractivity contribution in [1.29, 1.82) is 0 Å². The van der Waals surface area contributed by atoms with E-state index in [1.54, 1.807) is 38.2 Å². The molecule has 2 heteroatoms. The summed E-state index contributed by atoms with van der Waals surface area (Å²) in [6.07, 6.45) is -0.534. The molecule has 31 heavy (non-hydrogen) atoms. The quantitative estimate of drug-likeness (QED) is 0.281. The number of thiophene rings is 1. The monoisotopic (exact) mass is 426 g/mol. The molecule has 0 atom stereocenters. The van der Waals surface area contributed by atoms with Gasteiger partial charge in [0.2, 0.25) is 0 Å². The Morgan fingerprint density at radius 2 is 1.74 bits per heavy atom. The second-order valence-corrected chi connectivity index (χ2v) is 9.90. The van der Waals surface area contributed by atoms with Crippen molar-refractivity contribution >= 4 is 31.5 Å². The minimum absolute atomic E-state index is 0.0396. The number of nitrogens with zero attached hydrogens (tertiary/aromatic N) is 1. The van der Waals surface area contributed by atoms with E-state index in [0.717, 1.165) is 36.9 Å². The summed E-state index contributed by atoms with van der Waals surface area (Å²) in [5.41, 5.74) is 3.09. The molecule has 0 aliphatic rings. The maximum Gasteiger partial charge on any atom is 0.0719 e. The van der Waals surface area contributed by atoms with E-state index in [0.29, 0.717) is 5.69 Å². The molecule has 0 N–H and O–H groups in total. The predicted molar refractivity (Wildman–Crippen MR) is 136 cm³/mol. The van der Waals surface area contributed by atoms with Gasteiger partial charge in [-0.25, -0.2) is 0 Å². The van der Waals surface area contributed by atoms with Crippen LogP contribution in [0, 0.1) is 12.3 Å². The number of aryl methyl sites for hydroxylation is 1. The fourth-order valence-electron chi connectivity index (χ4n) is 3.92. The van der Waals surface area contributed by atoms with Crippen molar-refractivity contribution in [2.24, 2.45) is 5.41 Å². The van der Waals surface area contributed by atoms with Crippen molar-refractivity contribution in [3.05, 3.63) is 90.1 Å². The first-order chi connectivity index (χ1) is 16.9. The van der Waals surface area contributed by atoms with Gasteiger partial charge in [0.05, 0.1) is 5.69 Å². The summed E-state index contributed by atoms with van der Waals surface area (Å²) < 4.78 is 43.9. The Bertz CT molecular complexity index is 1580. The normalized spacial score (nSPS) is 15.3. The maximum atomic E-state index is 8.85. The van der Waals surface area contributed by atoms with E-state index in [1.165, 1.54) is 6.20 Å². The molecule has 0 saturated heterocycles. The maximum absolute atomic E-state index is 8.85. The Kier molecular flexibility index (Phi) is 3.67. The van der Waals surface area contributed by atoms with Gasteiger partial charge in [-0.05, 0) is 53.0 Å². The first-order valence-corrected chi connectivity index (χ1v) is 11.2. The Hall–Kier alpha value is -2.97. The molecular weight excluding hydrogens is 394 g/mol. The number of fused-ring (bicyclic) bond motifs is 3. The van der Waals surface area contributed by atoms with Crippen LogP contribution in [-0.4, -0.2) is 4.98 Å². The van der Waals surface area contributed by atoms with Crippen LogP contribution in [0.5, 0.6) is 0 Å². The molecule has 1 nitrogen and oxygen atoms in total. The smallest absolute Gasteiger partial charge is 0.0719 e. The third-order valence-corrected chi connectivity index (χ3v) is 6.50. The van der Waals surface area contributed by atoms with Crippen molar-refractivity contribution in [3.63, 3.8) is 0 Å². The minimum Gasteiger partial charge on any atom is -0.256 e. The Morgan fingerprint density at radius 1 is 0.903 bits per heavy atom. The zero-order valence-corrected chi connectivity index (χ0v) is 18.7. The topological polar surface area (TPSA) is 12.9 Å². The van der Waals surface area contributed by atoms with Gasteiger partial charge in [0.15, 0.2) is 0 Å². The Balaban J connectivity index is 1.72. The van der Waals surface area contributed by atoms with E-state index >= 15 is 0 Å². The molecule has 0 amide bonds. The van der Waals surface area contributed by atoms with Gasteiger partial charge in [0.1, 0.15) is 0 Å². The number of aromatic nitrogens is 1. The molecule has 2 aromatic heterocycles. The average Bonchev–Trinajstić information content (AvgIpc) is 3.21. The van der Waals surface area contributed by atoms with Gasteiger partial charge in [-0.1, -0.05) is 81.4 Å². The number of pyridine rings is 1. The third kappa shape index (κ3) is 3.88. The lowest BCUT2D eigenvalue weighted by molar-refractivity contribution is 0.410. The van der Waals surface area contributed by atoms with Gasteiger partial charge < -0.3 is 0 Å². The number of hydrogen-bond donors (Lipinski definition) is 0. The van der Waals surface area contributed by atoms with Crippen molar-refractivity contribution in [3.8, 4) is 22.4 Å². The lowest BCUT2D eigenvalue weighted by Crippen LogP contribution is -2.10. The van der Waals surface area contributed by atoms with E-state index in [1.807, 2.05) is 30.3 Å². The highest BCUT2D eigenvalue weighted by Gasteiger charge is 2.16. The first-order valence-electron chi connectivity index (χ1n) is 12.9. The Morgan fingerprint density at radius 3 is 2.52 bits per heavy atom. The Labute approximate surface area is 195 Å². The SMILES string of the molecule is [2H]C([2H])([2H])c1cnc(-c2cccc3c2sc2cc(-c4ccccc4)ccc23)cc1C([2H])([2H])C(C)(C)C. The fraction of sp³-hybridized carbons (Fsp3) is 0.207. The van der Waals surface area contributed by atoms with Crippen LogP contribution in [0.1, 0.15) is 38.8 Å². The van der Waals surface area contributed by atoms with Crippen molar-refractivity contribution in [1.82, 2.24) is 4.98 Å². The molecule has 2 heterocycles. The molecule has 0 bridgehead atoms. The molecule has 5 rings (SSSR count). The van der Waals surface area contributed by atoms with E-state index in [9.17, 15) is 0 Å². The van der Waals surface area contributed by atoms with Gasteiger partial charge in [-0.15, -0.1) is 11.3 Å². The van der Waals surface area contributed by atoms with Crippen LogP contribution < -0.4 is 0 Å². The van der Waals surface area contributed by atoms with Crippen LogP contribution in [0.2, 0.25) is 0 Å². The fourth-order valence-corrected chi connectivity index (χ4v) is 5.18. The van der Waals surface area contributed by atoms with Crippen LogP contribution in [0.4, 0.5) is 0 Å². The molecular formula is C29H27NS. The summed E-state index contributed by atoms with van der Waals surface area (Å²) in [5.74, 6) is 0. The molecule has 0 saturated carbocycles. The zero-order valence-electron chi connectivity index (χ0n) is 22.9. The summed E-state index contributed by atoms with van der Waals surface area (Å²) in [7, 11) is 0. The molecule has 0 aliphatic heterocycles. The third-order valence-electron chi connectivity index (χ3n) is 5.30. The largest absolute Gasteiger partial charge is 0.256 e. The van der Waals surface area contributed by atoms with Crippen molar-refractivity contribution in [2.45, 2.75) is 34.0 Å². The minimum atomic E-state index is -2.46. The van der Waals surface area contributed by atoms with Gasteiger partial charge >= 0.3 is 0 Å². The first kappa shape index (κ1) is 14.9. The van der Waals surface area contributed by atoms with Gasteiger partial charge in [0.25, 0.3) is 0 Å². The van der Waals surface area contributed by atoms with Crippen molar-refractivity contribution in [2.75, 3.05) is 0 Å². The molecule has 0 fully saturated rings. The van der Waals surface area contributed by atoms with Gasteiger partial charge in [-0.2, -0.15) is 0 Å². The summed E-state index contributed by atoms with van der Waals surface area (Å²) in [4.78, 5) is 4.54. The summed E-state index contributed by atoms with van der Waals surface area (Å²) in [6.45, 7) is 2.89. The van der Waals surface area contributed by atoms with E-state index in [2.05, 4.69) is 41.4 Å². The van der Waals surface area contributed by atoms with Crippen LogP contribution in [-0.2, 0) is 6.37 Å². The predicted octanol–water partition coefficient (Wildman–Crippen LogP) is 8.68. The van der Waals surface area contributed by atoms with Crippen LogP contribution >= 0.6 is 11.3 Å². The lowest BCUT2D eigenvalue weighted by Gasteiger charge is -2.20. The highest BCUT2D eigenvalue weighted by atomic mass is 32.1. The van der Waals surface area contributed by atoms with Crippen LogP contribution in [0.3, 0.4) is 0 Å². The molecule has 0 radical (unpaired) electrons. The second-order valence-electron chi connectivity index (χ2n) is 8.85. The van der Waals surface area contributed by atoms with Crippen LogP contribution in [0.25, 0.3) is 42.6 Å². The molecule has 0 unspecified atom stereocenters. The number of hydrogen-bond acceptors (Lipinski definition) is 2.